The van der Waals surface area contributed by atoms with E-state index in [-0.39, 0.29) is 11.9 Å². The van der Waals surface area contributed by atoms with Gasteiger partial charge in [-0.2, -0.15) is 0 Å². The minimum absolute atomic E-state index is 0.00221. The lowest BCUT2D eigenvalue weighted by atomic mass is 10.2. The predicted molar refractivity (Wildman–Crippen MR) is 69.3 cm³/mol. The molecule has 2 N–H and O–H groups in total. The number of quaternary nitrogens is 1. The van der Waals surface area contributed by atoms with Gasteiger partial charge < -0.3 is 15.0 Å². The van der Waals surface area contributed by atoms with Crippen molar-refractivity contribution in [3.63, 3.8) is 0 Å². The van der Waals surface area contributed by atoms with E-state index >= 15 is 0 Å². The molecule has 1 fully saturated rings. The van der Waals surface area contributed by atoms with Gasteiger partial charge in [-0.3, -0.25) is 4.79 Å². The Hall–Kier alpha value is -1.39. The normalized spacial score (nSPS) is 18.3. The van der Waals surface area contributed by atoms with Crippen molar-refractivity contribution >= 4 is 5.91 Å². The van der Waals surface area contributed by atoms with Gasteiger partial charge in [0.05, 0.1) is 13.2 Å². The molecule has 1 saturated heterocycles. The second kappa shape index (κ2) is 6.52. The molecule has 0 aromatic heterocycles. The van der Waals surface area contributed by atoms with Crippen LogP contribution in [0.15, 0.2) is 30.3 Å². The van der Waals surface area contributed by atoms with Crippen molar-refractivity contribution in [1.82, 2.24) is 5.32 Å². The van der Waals surface area contributed by atoms with Crippen LogP contribution in [0.2, 0.25) is 0 Å². The van der Waals surface area contributed by atoms with Crippen LogP contribution in [-0.4, -0.2) is 38.3 Å². The highest BCUT2D eigenvalue weighted by Gasteiger charge is 2.26. The molecule has 1 aromatic carbocycles. The zero-order valence-electron chi connectivity index (χ0n) is 10.8. The summed E-state index contributed by atoms with van der Waals surface area (Å²) >= 11 is 0. The summed E-state index contributed by atoms with van der Waals surface area (Å²) in [6.07, 6.45) is 0. The monoisotopic (exact) mass is 249 g/mol. The summed E-state index contributed by atoms with van der Waals surface area (Å²) in [4.78, 5) is 13.4. The van der Waals surface area contributed by atoms with E-state index in [2.05, 4.69) is 5.32 Å². The molecule has 4 heteroatoms. The van der Waals surface area contributed by atoms with Crippen molar-refractivity contribution in [3.8, 4) is 0 Å². The molecule has 0 spiro atoms. The number of morpholine rings is 1. The largest absolute Gasteiger partial charge is 0.370 e. The van der Waals surface area contributed by atoms with Crippen molar-refractivity contribution < 1.29 is 14.4 Å². The molecular formula is C14H21N2O2+. The van der Waals surface area contributed by atoms with E-state index in [1.807, 2.05) is 37.3 Å². The maximum Gasteiger partial charge on any atom is 0.278 e. The maximum absolute atomic E-state index is 12.0. The first-order valence-electron chi connectivity index (χ1n) is 6.51. The van der Waals surface area contributed by atoms with E-state index in [9.17, 15) is 4.79 Å². The third kappa shape index (κ3) is 3.55. The van der Waals surface area contributed by atoms with Crippen LogP contribution in [0.4, 0.5) is 0 Å². The highest BCUT2D eigenvalue weighted by Crippen LogP contribution is 1.97. The molecule has 0 radical (unpaired) electrons. The van der Waals surface area contributed by atoms with Gasteiger partial charge in [0.15, 0.2) is 6.04 Å². The SMILES string of the molecule is C[C@@H](C(=O)NCc1ccccc1)[NH+]1CCOCC1. The third-order valence-corrected chi connectivity index (χ3v) is 3.45. The third-order valence-electron chi connectivity index (χ3n) is 3.45. The maximum atomic E-state index is 12.0. The Morgan fingerprint density at radius 2 is 2.00 bits per heavy atom. The fourth-order valence-corrected chi connectivity index (χ4v) is 2.19. The van der Waals surface area contributed by atoms with Crippen molar-refractivity contribution in [3.05, 3.63) is 35.9 Å². The summed E-state index contributed by atoms with van der Waals surface area (Å²) < 4.78 is 5.31. The summed E-state index contributed by atoms with van der Waals surface area (Å²) in [5.74, 6) is 0.121. The van der Waals surface area contributed by atoms with Crippen LogP contribution in [0.5, 0.6) is 0 Å². The number of amides is 1. The Morgan fingerprint density at radius 1 is 1.33 bits per heavy atom. The van der Waals surface area contributed by atoms with Gasteiger partial charge in [-0.05, 0) is 12.5 Å². The van der Waals surface area contributed by atoms with E-state index in [4.69, 9.17) is 4.74 Å². The highest BCUT2D eigenvalue weighted by molar-refractivity contribution is 5.79. The van der Waals surface area contributed by atoms with Crippen molar-refractivity contribution in [2.24, 2.45) is 0 Å². The van der Waals surface area contributed by atoms with Gasteiger partial charge in [0.2, 0.25) is 0 Å². The number of rotatable bonds is 4. The van der Waals surface area contributed by atoms with Crippen LogP contribution in [-0.2, 0) is 16.1 Å². The first-order chi connectivity index (χ1) is 8.77. The Bertz CT molecular complexity index is 375. The number of nitrogens with one attached hydrogen (secondary N) is 2. The quantitative estimate of drug-likeness (QED) is 0.763. The van der Waals surface area contributed by atoms with E-state index in [1.165, 1.54) is 4.90 Å². The van der Waals surface area contributed by atoms with Gasteiger partial charge in [0, 0.05) is 6.54 Å². The molecule has 2 rings (SSSR count). The zero-order valence-corrected chi connectivity index (χ0v) is 10.8. The molecule has 0 saturated carbocycles. The molecule has 0 bridgehead atoms. The lowest BCUT2D eigenvalue weighted by Crippen LogP contribution is -3.18. The number of hydrogen-bond acceptors (Lipinski definition) is 2. The first-order valence-corrected chi connectivity index (χ1v) is 6.51. The molecule has 1 atom stereocenters. The minimum atomic E-state index is -0.00221. The average Bonchev–Trinajstić information content (AvgIpc) is 2.46. The molecule has 1 amide bonds. The van der Waals surface area contributed by atoms with Crippen LogP contribution >= 0.6 is 0 Å². The first kappa shape index (κ1) is 13.1. The Balaban J connectivity index is 1.80. The number of benzene rings is 1. The van der Waals surface area contributed by atoms with E-state index in [0.29, 0.717) is 6.54 Å². The topological polar surface area (TPSA) is 42.8 Å². The van der Waals surface area contributed by atoms with Crippen molar-refractivity contribution in [2.75, 3.05) is 26.3 Å². The average molecular weight is 249 g/mol. The van der Waals surface area contributed by atoms with Crippen LogP contribution in [0.25, 0.3) is 0 Å². The molecule has 1 aliphatic rings. The minimum Gasteiger partial charge on any atom is -0.370 e. The molecular weight excluding hydrogens is 228 g/mol. The fraction of sp³-hybridized carbons (Fsp3) is 0.500. The predicted octanol–water partition coefficient (Wildman–Crippen LogP) is -0.394. The number of hydrogen-bond donors (Lipinski definition) is 2. The zero-order chi connectivity index (χ0) is 12.8. The molecule has 1 aromatic rings. The summed E-state index contributed by atoms with van der Waals surface area (Å²) in [5, 5.41) is 3.00. The Kier molecular flexibility index (Phi) is 4.73. The lowest BCUT2D eigenvalue weighted by Gasteiger charge is -2.28. The molecule has 4 nitrogen and oxygen atoms in total. The summed E-state index contributed by atoms with van der Waals surface area (Å²) in [6, 6.07) is 9.99. The number of carbonyl (C=O) groups is 1. The molecule has 0 unspecified atom stereocenters. The fourth-order valence-electron chi connectivity index (χ4n) is 2.19. The molecule has 0 aliphatic carbocycles. The molecule has 1 heterocycles. The van der Waals surface area contributed by atoms with E-state index < -0.39 is 0 Å². The van der Waals surface area contributed by atoms with Gasteiger partial charge in [0.25, 0.3) is 5.91 Å². The standard InChI is InChI=1S/C14H20N2O2/c1-12(16-7-9-18-10-8-16)14(17)15-11-13-5-3-2-4-6-13/h2-6,12H,7-11H2,1H3,(H,15,17)/p+1/t12-/m0/s1. The Labute approximate surface area is 108 Å². The van der Waals surface area contributed by atoms with E-state index in [0.717, 1.165) is 31.9 Å². The second-order valence-corrected chi connectivity index (χ2v) is 4.70. The summed E-state index contributed by atoms with van der Waals surface area (Å²) in [7, 11) is 0. The van der Waals surface area contributed by atoms with Crippen LogP contribution < -0.4 is 10.2 Å². The van der Waals surface area contributed by atoms with E-state index in [1.54, 1.807) is 0 Å². The summed E-state index contributed by atoms with van der Waals surface area (Å²) in [6.45, 7) is 5.94. The smallest absolute Gasteiger partial charge is 0.278 e. The van der Waals surface area contributed by atoms with Crippen molar-refractivity contribution in [2.45, 2.75) is 19.5 Å². The van der Waals surface area contributed by atoms with Gasteiger partial charge in [-0.1, -0.05) is 30.3 Å². The highest BCUT2D eigenvalue weighted by atomic mass is 16.5. The molecule has 18 heavy (non-hydrogen) atoms. The number of ether oxygens (including phenoxy) is 1. The lowest BCUT2D eigenvalue weighted by molar-refractivity contribution is -0.921. The van der Waals surface area contributed by atoms with Gasteiger partial charge in [-0.15, -0.1) is 0 Å². The second-order valence-electron chi connectivity index (χ2n) is 4.70. The van der Waals surface area contributed by atoms with Gasteiger partial charge in [-0.25, -0.2) is 0 Å². The van der Waals surface area contributed by atoms with Crippen molar-refractivity contribution in [1.29, 1.82) is 0 Å². The van der Waals surface area contributed by atoms with Crippen LogP contribution in [0.1, 0.15) is 12.5 Å². The van der Waals surface area contributed by atoms with Gasteiger partial charge >= 0.3 is 0 Å². The van der Waals surface area contributed by atoms with Crippen LogP contribution in [0, 0.1) is 0 Å². The van der Waals surface area contributed by atoms with Crippen LogP contribution in [0.3, 0.4) is 0 Å². The molecule has 1 aliphatic heterocycles. The molecule has 98 valence electrons. The summed E-state index contributed by atoms with van der Waals surface area (Å²) in [5.41, 5.74) is 1.13. The Morgan fingerprint density at radius 3 is 2.67 bits per heavy atom. The number of carbonyl (C=O) groups excluding carboxylic acids is 1. The van der Waals surface area contributed by atoms with Gasteiger partial charge in [0.1, 0.15) is 13.1 Å².